The van der Waals surface area contributed by atoms with Gasteiger partial charge in [0.25, 0.3) is 5.91 Å². The van der Waals surface area contributed by atoms with Gasteiger partial charge in [0, 0.05) is 5.56 Å². The Morgan fingerprint density at radius 3 is 2.35 bits per heavy atom. The third kappa shape index (κ3) is 5.93. The van der Waals surface area contributed by atoms with Gasteiger partial charge in [0.2, 0.25) is 0 Å². The lowest BCUT2D eigenvalue weighted by molar-refractivity contribution is 0.0728. The second-order valence-electron chi connectivity index (χ2n) is 6.32. The molecule has 0 unspecified atom stereocenters. The molecule has 7 heteroatoms. The molecule has 0 aromatic heterocycles. The summed E-state index contributed by atoms with van der Waals surface area (Å²) in [5, 5.41) is 3.97. The second-order valence-corrected chi connectivity index (χ2v) is 6.32. The van der Waals surface area contributed by atoms with Crippen molar-refractivity contribution in [3.8, 4) is 17.2 Å². The monoisotopic (exact) mass is 418 g/mol. The number of amides is 1. The number of nitrogens with zero attached hydrogens (tertiary/aromatic N) is 1. The largest absolute Gasteiger partial charge is 0.497 e. The predicted octanol–water partition coefficient (Wildman–Crippen LogP) is 4.08. The molecule has 0 heterocycles. The van der Waals surface area contributed by atoms with Crippen LogP contribution in [0.4, 0.5) is 0 Å². The van der Waals surface area contributed by atoms with Crippen molar-refractivity contribution in [2.24, 2.45) is 5.10 Å². The quantitative estimate of drug-likeness (QED) is 0.258. The standard InChI is InChI=1S/C24H22N2O5/c1-3-30-22-15-17(16-25-26-23(27)18-7-5-4-6-8-18)9-14-21(22)31-24(28)19-10-12-20(29-2)13-11-19/h4-16H,3H2,1-2H3,(H,26,27)/b25-16+. The zero-order chi connectivity index (χ0) is 22.1. The molecule has 0 bridgehead atoms. The van der Waals surface area contributed by atoms with E-state index < -0.39 is 5.97 Å². The van der Waals surface area contributed by atoms with E-state index in [-0.39, 0.29) is 11.7 Å². The Morgan fingerprint density at radius 1 is 0.935 bits per heavy atom. The minimum atomic E-state index is -0.514. The molecule has 7 nitrogen and oxygen atoms in total. The van der Waals surface area contributed by atoms with Crippen molar-refractivity contribution in [3.63, 3.8) is 0 Å². The molecule has 1 N–H and O–H groups in total. The van der Waals surface area contributed by atoms with E-state index in [0.717, 1.165) is 0 Å². The van der Waals surface area contributed by atoms with Crippen LogP contribution < -0.4 is 19.6 Å². The van der Waals surface area contributed by atoms with Crippen LogP contribution in [0, 0.1) is 0 Å². The Balaban J connectivity index is 1.69. The van der Waals surface area contributed by atoms with Crippen molar-refractivity contribution in [1.29, 1.82) is 0 Å². The van der Waals surface area contributed by atoms with Gasteiger partial charge in [-0.05, 0) is 67.1 Å². The van der Waals surface area contributed by atoms with E-state index in [9.17, 15) is 9.59 Å². The normalized spacial score (nSPS) is 10.5. The fourth-order valence-electron chi connectivity index (χ4n) is 2.66. The molecule has 158 valence electrons. The van der Waals surface area contributed by atoms with E-state index in [1.165, 1.54) is 6.21 Å². The van der Waals surface area contributed by atoms with Gasteiger partial charge in [-0.1, -0.05) is 18.2 Å². The lowest BCUT2D eigenvalue weighted by Crippen LogP contribution is -2.17. The molecule has 0 aliphatic heterocycles. The van der Waals surface area contributed by atoms with Crippen LogP contribution in [-0.4, -0.2) is 31.8 Å². The maximum Gasteiger partial charge on any atom is 0.343 e. The summed E-state index contributed by atoms with van der Waals surface area (Å²) < 4.78 is 16.2. The van der Waals surface area contributed by atoms with Gasteiger partial charge in [-0.25, -0.2) is 10.2 Å². The molecular formula is C24H22N2O5. The summed E-state index contributed by atoms with van der Waals surface area (Å²) in [6.07, 6.45) is 1.48. The first-order chi connectivity index (χ1) is 15.1. The SMILES string of the molecule is CCOc1cc(/C=N/NC(=O)c2ccccc2)ccc1OC(=O)c1ccc(OC)cc1. The number of carbonyl (C=O) groups is 2. The zero-order valence-electron chi connectivity index (χ0n) is 17.2. The Bertz CT molecular complexity index is 1060. The number of rotatable bonds is 8. The summed E-state index contributed by atoms with van der Waals surface area (Å²) in [4.78, 5) is 24.5. The minimum absolute atomic E-state index is 0.285. The molecule has 0 aliphatic carbocycles. The lowest BCUT2D eigenvalue weighted by Gasteiger charge is -2.11. The predicted molar refractivity (Wildman–Crippen MR) is 117 cm³/mol. The fraction of sp³-hybridized carbons (Fsp3) is 0.125. The molecule has 3 aromatic carbocycles. The van der Waals surface area contributed by atoms with E-state index in [1.807, 2.05) is 13.0 Å². The molecule has 0 radical (unpaired) electrons. The number of hydrazone groups is 1. The number of carbonyl (C=O) groups excluding carboxylic acids is 2. The van der Waals surface area contributed by atoms with E-state index in [0.29, 0.717) is 34.8 Å². The highest BCUT2D eigenvalue weighted by atomic mass is 16.6. The molecular weight excluding hydrogens is 396 g/mol. The molecule has 0 atom stereocenters. The fourth-order valence-corrected chi connectivity index (χ4v) is 2.66. The topological polar surface area (TPSA) is 86.2 Å². The number of hydrogen-bond acceptors (Lipinski definition) is 6. The van der Waals surface area contributed by atoms with Crippen LogP contribution in [0.2, 0.25) is 0 Å². The highest BCUT2D eigenvalue weighted by molar-refractivity contribution is 5.95. The van der Waals surface area contributed by atoms with Crippen molar-refractivity contribution in [3.05, 3.63) is 89.5 Å². The third-order valence-electron chi connectivity index (χ3n) is 4.21. The van der Waals surface area contributed by atoms with E-state index in [1.54, 1.807) is 73.8 Å². The number of ether oxygens (including phenoxy) is 3. The summed E-state index contributed by atoms with van der Waals surface area (Å²) in [5.41, 5.74) is 4.03. The van der Waals surface area contributed by atoms with Gasteiger partial charge in [0.1, 0.15) is 5.75 Å². The number of esters is 1. The van der Waals surface area contributed by atoms with Gasteiger partial charge in [-0.2, -0.15) is 5.10 Å². The molecule has 0 saturated heterocycles. The van der Waals surface area contributed by atoms with Crippen LogP contribution in [0.3, 0.4) is 0 Å². The first-order valence-corrected chi connectivity index (χ1v) is 9.62. The minimum Gasteiger partial charge on any atom is -0.497 e. The van der Waals surface area contributed by atoms with E-state index >= 15 is 0 Å². The van der Waals surface area contributed by atoms with Crippen LogP contribution in [0.15, 0.2) is 77.9 Å². The summed E-state index contributed by atoms with van der Waals surface area (Å²) >= 11 is 0. The maximum absolute atomic E-state index is 12.4. The maximum atomic E-state index is 12.4. The molecule has 0 saturated carbocycles. The van der Waals surface area contributed by atoms with Crippen molar-refractivity contribution in [1.82, 2.24) is 5.43 Å². The molecule has 3 aromatic rings. The second kappa shape index (κ2) is 10.6. The van der Waals surface area contributed by atoms with Crippen molar-refractivity contribution >= 4 is 18.1 Å². The average Bonchev–Trinajstić information content (AvgIpc) is 2.81. The molecule has 3 rings (SSSR count). The first-order valence-electron chi connectivity index (χ1n) is 9.62. The van der Waals surface area contributed by atoms with Crippen LogP contribution in [0.5, 0.6) is 17.2 Å². The van der Waals surface area contributed by atoms with Gasteiger partial charge < -0.3 is 14.2 Å². The molecule has 0 aliphatic rings. The van der Waals surface area contributed by atoms with Gasteiger partial charge in [-0.3, -0.25) is 4.79 Å². The smallest absolute Gasteiger partial charge is 0.343 e. The average molecular weight is 418 g/mol. The molecule has 0 fully saturated rings. The number of nitrogens with one attached hydrogen (secondary N) is 1. The Kier molecular flexibility index (Phi) is 7.37. The summed E-state index contributed by atoms with van der Waals surface area (Å²) in [6, 6.07) is 20.4. The Labute approximate surface area is 180 Å². The van der Waals surface area contributed by atoms with Crippen LogP contribution in [-0.2, 0) is 0 Å². The number of hydrogen-bond donors (Lipinski definition) is 1. The Hall–Kier alpha value is -4.13. The first kappa shape index (κ1) is 21.6. The van der Waals surface area contributed by atoms with Gasteiger partial charge >= 0.3 is 5.97 Å². The summed E-state index contributed by atoms with van der Waals surface area (Å²) in [6.45, 7) is 2.22. The number of benzene rings is 3. The van der Waals surface area contributed by atoms with Gasteiger partial charge in [-0.15, -0.1) is 0 Å². The van der Waals surface area contributed by atoms with Crippen molar-refractivity contribution in [2.75, 3.05) is 13.7 Å². The third-order valence-corrected chi connectivity index (χ3v) is 4.21. The van der Waals surface area contributed by atoms with Gasteiger partial charge in [0.15, 0.2) is 11.5 Å². The zero-order valence-corrected chi connectivity index (χ0v) is 17.2. The van der Waals surface area contributed by atoms with Crippen LogP contribution >= 0.6 is 0 Å². The van der Waals surface area contributed by atoms with Crippen LogP contribution in [0.1, 0.15) is 33.2 Å². The van der Waals surface area contributed by atoms with Crippen LogP contribution in [0.25, 0.3) is 0 Å². The highest BCUT2D eigenvalue weighted by Gasteiger charge is 2.13. The van der Waals surface area contributed by atoms with E-state index in [2.05, 4.69) is 10.5 Å². The lowest BCUT2D eigenvalue weighted by atomic mass is 10.2. The highest BCUT2D eigenvalue weighted by Crippen LogP contribution is 2.29. The van der Waals surface area contributed by atoms with E-state index in [4.69, 9.17) is 14.2 Å². The summed E-state index contributed by atoms with van der Waals surface area (Å²) in [5.74, 6) is 0.498. The number of methoxy groups -OCH3 is 1. The molecule has 0 spiro atoms. The Morgan fingerprint density at radius 2 is 1.68 bits per heavy atom. The van der Waals surface area contributed by atoms with Crippen molar-refractivity contribution < 1.29 is 23.8 Å². The summed E-state index contributed by atoms with van der Waals surface area (Å²) in [7, 11) is 1.56. The molecule has 31 heavy (non-hydrogen) atoms. The van der Waals surface area contributed by atoms with Gasteiger partial charge in [0.05, 0.1) is 25.5 Å². The molecule has 1 amide bonds. The van der Waals surface area contributed by atoms with Crippen molar-refractivity contribution in [2.45, 2.75) is 6.92 Å².